The van der Waals surface area contributed by atoms with Crippen LogP contribution in [0.15, 0.2) is 57.2 Å². The van der Waals surface area contributed by atoms with Crippen LogP contribution in [0.4, 0.5) is 11.4 Å². The van der Waals surface area contributed by atoms with E-state index in [1.807, 2.05) is 24.3 Å². The molecule has 0 radical (unpaired) electrons. The summed E-state index contributed by atoms with van der Waals surface area (Å²) in [6.45, 7) is 0. The van der Waals surface area contributed by atoms with E-state index in [4.69, 9.17) is 0 Å². The van der Waals surface area contributed by atoms with Crippen molar-refractivity contribution < 1.29 is 14.7 Å². The van der Waals surface area contributed by atoms with Gasteiger partial charge < -0.3 is 5.11 Å². The van der Waals surface area contributed by atoms with Crippen LogP contribution < -0.4 is 0 Å². The van der Waals surface area contributed by atoms with Crippen LogP contribution in [-0.2, 0) is 0 Å². The Bertz CT molecular complexity index is 1260. The van der Waals surface area contributed by atoms with Gasteiger partial charge in [-0.05, 0) is 33.4 Å². The first-order valence-corrected chi connectivity index (χ1v) is 8.94. The van der Waals surface area contributed by atoms with Crippen LogP contribution in [0.25, 0.3) is 10.8 Å². The van der Waals surface area contributed by atoms with Crippen molar-refractivity contribution in [2.24, 2.45) is 10.2 Å². The van der Waals surface area contributed by atoms with Crippen molar-refractivity contribution in [1.82, 2.24) is 4.90 Å². The predicted molar refractivity (Wildman–Crippen MR) is 105 cm³/mol. The summed E-state index contributed by atoms with van der Waals surface area (Å²) in [5, 5.41) is 29.5. The molecule has 0 aliphatic carbocycles. The topological polar surface area (TPSA) is 106 Å². The second-order valence-corrected chi connectivity index (χ2v) is 6.94. The molecular formula is C20H11BrN4O3. The first-order chi connectivity index (χ1) is 13.4. The minimum atomic E-state index is -0.485. The molecule has 0 atom stereocenters. The first kappa shape index (κ1) is 17.8. The van der Waals surface area contributed by atoms with Gasteiger partial charge in [0.15, 0.2) is 0 Å². The highest BCUT2D eigenvalue weighted by Gasteiger charge is 2.37. The molecule has 3 aromatic rings. The number of nitriles is 1. The van der Waals surface area contributed by atoms with E-state index in [1.165, 1.54) is 19.2 Å². The van der Waals surface area contributed by atoms with Crippen molar-refractivity contribution in [3.63, 3.8) is 0 Å². The van der Waals surface area contributed by atoms with Gasteiger partial charge in [0.05, 0.1) is 21.2 Å². The van der Waals surface area contributed by atoms with Crippen LogP contribution in [-0.4, -0.2) is 28.9 Å². The maximum absolute atomic E-state index is 12.4. The van der Waals surface area contributed by atoms with Gasteiger partial charge in [-0.3, -0.25) is 14.5 Å². The van der Waals surface area contributed by atoms with E-state index in [2.05, 4.69) is 26.2 Å². The molecule has 0 fully saturated rings. The summed E-state index contributed by atoms with van der Waals surface area (Å²) in [5.74, 6) is -1.03. The number of hydrogen-bond acceptors (Lipinski definition) is 6. The van der Waals surface area contributed by atoms with Crippen LogP contribution in [0, 0.1) is 11.3 Å². The van der Waals surface area contributed by atoms with Gasteiger partial charge in [-0.1, -0.05) is 30.3 Å². The van der Waals surface area contributed by atoms with Crippen molar-refractivity contribution in [3.8, 4) is 11.8 Å². The fraction of sp³-hybridized carbons (Fsp3) is 0.0500. The van der Waals surface area contributed by atoms with Crippen molar-refractivity contribution in [1.29, 1.82) is 5.26 Å². The molecule has 1 N–H and O–H groups in total. The number of fused-ring (bicyclic) bond motifs is 2. The lowest BCUT2D eigenvalue weighted by molar-refractivity contribution is 0.0693. The van der Waals surface area contributed by atoms with E-state index in [9.17, 15) is 20.0 Å². The molecule has 0 unspecified atom stereocenters. The zero-order valence-electron chi connectivity index (χ0n) is 14.5. The third-order valence-corrected chi connectivity index (χ3v) is 5.32. The zero-order valence-corrected chi connectivity index (χ0v) is 16.1. The molecule has 0 aromatic heterocycles. The van der Waals surface area contributed by atoms with Crippen molar-refractivity contribution in [3.05, 3.63) is 63.6 Å². The molecular weight excluding hydrogens is 424 g/mol. The number of aromatic hydroxyl groups is 1. The third-order valence-electron chi connectivity index (χ3n) is 4.54. The summed E-state index contributed by atoms with van der Waals surface area (Å²) >= 11 is 3.29. The molecule has 1 aliphatic heterocycles. The number of benzene rings is 3. The maximum atomic E-state index is 12.4. The Kier molecular flexibility index (Phi) is 4.17. The summed E-state index contributed by atoms with van der Waals surface area (Å²) in [4.78, 5) is 25.5. The van der Waals surface area contributed by atoms with Crippen LogP contribution in [0.1, 0.15) is 26.3 Å². The van der Waals surface area contributed by atoms with Gasteiger partial charge >= 0.3 is 0 Å². The number of hydrogen-bond donors (Lipinski definition) is 1. The molecule has 1 aliphatic rings. The maximum Gasteiger partial charge on any atom is 0.262 e. The minimum Gasteiger partial charge on any atom is -0.506 e. The van der Waals surface area contributed by atoms with Crippen LogP contribution in [0.5, 0.6) is 5.75 Å². The fourth-order valence-corrected chi connectivity index (χ4v) is 3.77. The van der Waals surface area contributed by atoms with Gasteiger partial charge in [0, 0.05) is 12.4 Å². The lowest BCUT2D eigenvalue weighted by Crippen LogP contribution is -2.24. The number of carbonyl (C=O) groups excluding carboxylic acids is 2. The second-order valence-electron chi connectivity index (χ2n) is 6.14. The highest BCUT2D eigenvalue weighted by Crippen LogP contribution is 2.41. The largest absolute Gasteiger partial charge is 0.506 e. The molecule has 0 saturated carbocycles. The Balaban J connectivity index is 1.91. The number of halogens is 1. The van der Waals surface area contributed by atoms with Crippen molar-refractivity contribution in [2.45, 2.75) is 0 Å². The van der Waals surface area contributed by atoms with E-state index >= 15 is 0 Å². The van der Waals surface area contributed by atoms with Crippen molar-refractivity contribution >= 4 is 49.9 Å². The molecule has 2 amide bonds. The number of amides is 2. The number of imide groups is 1. The quantitative estimate of drug-likeness (QED) is 0.460. The van der Waals surface area contributed by atoms with Gasteiger partial charge in [0.2, 0.25) is 0 Å². The molecule has 3 aromatic carbocycles. The van der Waals surface area contributed by atoms with E-state index in [-0.39, 0.29) is 38.3 Å². The lowest BCUT2D eigenvalue weighted by atomic mass is 10.0. The van der Waals surface area contributed by atoms with E-state index in [0.717, 1.165) is 10.3 Å². The van der Waals surface area contributed by atoms with E-state index in [0.29, 0.717) is 5.39 Å². The Hall–Kier alpha value is -3.57. The van der Waals surface area contributed by atoms with E-state index in [1.54, 1.807) is 12.1 Å². The molecule has 28 heavy (non-hydrogen) atoms. The van der Waals surface area contributed by atoms with Crippen LogP contribution in [0.2, 0.25) is 0 Å². The highest BCUT2D eigenvalue weighted by molar-refractivity contribution is 9.10. The van der Waals surface area contributed by atoms with Crippen LogP contribution >= 0.6 is 15.9 Å². The molecule has 0 bridgehead atoms. The zero-order chi connectivity index (χ0) is 20.0. The third kappa shape index (κ3) is 2.56. The normalized spacial score (nSPS) is 13.4. The molecule has 136 valence electrons. The number of carbonyl (C=O) groups is 2. The fourth-order valence-electron chi connectivity index (χ4n) is 3.09. The standard InChI is InChI=1S/C20H11BrN4O3/c1-25-19(27)13-8-11(9-22)17(16(21)15(13)20(25)28)23-24-18-12-5-3-2-4-10(12)6-7-14(18)26/h2-8,26H,1H3/b24-23+. The highest BCUT2D eigenvalue weighted by atomic mass is 79.9. The molecule has 0 saturated heterocycles. The monoisotopic (exact) mass is 434 g/mol. The molecule has 4 rings (SSSR count). The second kappa shape index (κ2) is 6.55. The molecule has 0 spiro atoms. The minimum absolute atomic E-state index is 0.0655. The van der Waals surface area contributed by atoms with Gasteiger partial charge in [-0.25, -0.2) is 0 Å². The number of phenols is 1. The Morgan fingerprint density at radius 2 is 1.79 bits per heavy atom. The average Bonchev–Trinajstić information content (AvgIpc) is 2.92. The van der Waals surface area contributed by atoms with E-state index < -0.39 is 11.8 Å². The van der Waals surface area contributed by atoms with Gasteiger partial charge in [0.25, 0.3) is 11.8 Å². The van der Waals surface area contributed by atoms with Gasteiger partial charge in [0.1, 0.15) is 23.2 Å². The average molecular weight is 435 g/mol. The summed E-state index contributed by atoms with van der Waals surface area (Å²) in [6.07, 6.45) is 0. The number of phenolic OH excluding ortho intramolecular Hbond substituents is 1. The van der Waals surface area contributed by atoms with Gasteiger partial charge in [-0.2, -0.15) is 5.26 Å². The summed E-state index contributed by atoms with van der Waals surface area (Å²) in [7, 11) is 1.37. The Morgan fingerprint density at radius 3 is 2.54 bits per heavy atom. The Labute approximate surface area is 167 Å². The Morgan fingerprint density at radius 1 is 1.07 bits per heavy atom. The first-order valence-electron chi connectivity index (χ1n) is 8.15. The summed E-state index contributed by atoms with van der Waals surface area (Å²) in [5.41, 5.74) is 0.731. The summed E-state index contributed by atoms with van der Waals surface area (Å²) < 4.78 is 0.215. The van der Waals surface area contributed by atoms with Crippen LogP contribution in [0.3, 0.4) is 0 Å². The number of rotatable bonds is 2. The molecule has 7 nitrogen and oxygen atoms in total. The SMILES string of the molecule is CN1C(=O)c2cc(C#N)c(/N=N/c3c(O)ccc4ccccc34)c(Br)c2C1=O. The smallest absolute Gasteiger partial charge is 0.262 e. The van der Waals surface area contributed by atoms with Crippen molar-refractivity contribution in [2.75, 3.05) is 7.05 Å². The molecule has 1 heterocycles. The summed E-state index contributed by atoms with van der Waals surface area (Å²) in [6, 6.07) is 13.9. The predicted octanol–water partition coefficient (Wildman–Crippen LogP) is 4.82. The number of nitrogens with zero attached hydrogens (tertiary/aromatic N) is 4. The molecule has 8 heteroatoms. The van der Waals surface area contributed by atoms with Gasteiger partial charge in [-0.15, -0.1) is 10.2 Å². The lowest BCUT2D eigenvalue weighted by Gasteiger charge is -2.06. The number of azo groups is 1.